The van der Waals surface area contributed by atoms with E-state index in [1.165, 1.54) is 0 Å². The third-order valence-electron chi connectivity index (χ3n) is 3.94. The van der Waals surface area contributed by atoms with Crippen LogP contribution in [0.2, 0.25) is 0 Å². The molecule has 1 N–H and O–H groups in total. The first-order valence-corrected chi connectivity index (χ1v) is 7.20. The first kappa shape index (κ1) is 16.0. The van der Waals surface area contributed by atoms with Gasteiger partial charge >= 0.3 is 0 Å². The number of H-pyrrole nitrogens is 1. The number of hydrogen-bond acceptors (Lipinski definition) is 4. The van der Waals surface area contributed by atoms with Crippen LogP contribution in [0.15, 0.2) is 12.1 Å². The standard InChI is InChI=1S/C15H25N3O3/c1-17(2)15(19)14-6-5-11(16-14)8-18-9-13(21-4)7-12(18)10-20-3/h5-6,12-13,16H,7-10H2,1-4H3/t12-,13-/m0/s1. The number of hydrogen-bond donors (Lipinski definition) is 1. The summed E-state index contributed by atoms with van der Waals surface area (Å²) in [7, 11) is 6.98. The van der Waals surface area contributed by atoms with Gasteiger partial charge in [-0.25, -0.2) is 0 Å². The van der Waals surface area contributed by atoms with E-state index in [1.807, 2.05) is 12.1 Å². The smallest absolute Gasteiger partial charge is 0.269 e. The van der Waals surface area contributed by atoms with Crippen molar-refractivity contribution in [2.75, 3.05) is 41.5 Å². The highest BCUT2D eigenvalue weighted by molar-refractivity contribution is 5.92. The van der Waals surface area contributed by atoms with E-state index >= 15 is 0 Å². The molecule has 2 heterocycles. The Labute approximate surface area is 126 Å². The summed E-state index contributed by atoms with van der Waals surface area (Å²) in [6.45, 7) is 2.36. The molecule has 0 aliphatic carbocycles. The zero-order valence-electron chi connectivity index (χ0n) is 13.3. The number of nitrogens with zero attached hydrogens (tertiary/aromatic N) is 2. The number of carbonyl (C=O) groups excluding carboxylic acids is 1. The lowest BCUT2D eigenvalue weighted by Gasteiger charge is -2.22. The molecule has 1 aliphatic rings. The fourth-order valence-electron chi connectivity index (χ4n) is 2.78. The van der Waals surface area contributed by atoms with Gasteiger partial charge in [0.25, 0.3) is 5.91 Å². The Bertz CT molecular complexity index is 472. The number of rotatable bonds is 6. The maximum atomic E-state index is 11.9. The minimum atomic E-state index is -0.00844. The van der Waals surface area contributed by atoms with Crippen molar-refractivity contribution in [2.45, 2.75) is 25.1 Å². The van der Waals surface area contributed by atoms with Gasteiger partial charge in [-0.1, -0.05) is 0 Å². The van der Waals surface area contributed by atoms with Gasteiger partial charge in [-0.3, -0.25) is 9.69 Å². The van der Waals surface area contributed by atoms with Crippen LogP contribution in [0.4, 0.5) is 0 Å². The van der Waals surface area contributed by atoms with Gasteiger partial charge in [-0.05, 0) is 18.6 Å². The highest BCUT2D eigenvalue weighted by atomic mass is 16.5. The topological polar surface area (TPSA) is 57.8 Å². The van der Waals surface area contributed by atoms with Crippen LogP contribution in [0.3, 0.4) is 0 Å². The molecule has 1 aliphatic heterocycles. The fraction of sp³-hybridized carbons (Fsp3) is 0.667. The minimum absolute atomic E-state index is 0.00844. The number of aromatic amines is 1. The first-order valence-electron chi connectivity index (χ1n) is 7.20. The second-order valence-electron chi connectivity index (χ2n) is 5.73. The molecule has 1 fully saturated rings. The Morgan fingerprint density at radius 1 is 1.43 bits per heavy atom. The Morgan fingerprint density at radius 3 is 2.81 bits per heavy atom. The zero-order chi connectivity index (χ0) is 15.4. The molecule has 0 spiro atoms. The molecule has 0 aromatic carbocycles. The van der Waals surface area contributed by atoms with E-state index in [0.717, 1.165) is 25.2 Å². The Balaban J connectivity index is 2.01. The van der Waals surface area contributed by atoms with Crippen molar-refractivity contribution in [3.63, 3.8) is 0 Å². The van der Waals surface area contributed by atoms with Crippen LogP contribution in [0, 0.1) is 0 Å². The molecule has 2 rings (SSSR count). The summed E-state index contributed by atoms with van der Waals surface area (Å²) in [6, 6.07) is 4.17. The average molecular weight is 295 g/mol. The van der Waals surface area contributed by atoms with Crippen molar-refractivity contribution in [3.05, 3.63) is 23.5 Å². The van der Waals surface area contributed by atoms with E-state index in [1.54, 1.807) is 33.2 Å². The molecular formula is C15H25N3O3. The molecule has 1 saturated heterocycles. The molecule has 21 heavy (non-hydrogen) atoms. The van der Waals surface area contributed by atoms with E-state index in [2.05, 4.69) is 9.88 Å². The van der Waals surface area contributed by atoms with Crippen LogP contribution in [0.5, 0.6) is 0 Å². The van der Waals surface area contributed by atoms with Gasteiger partial charge in [0.15, 0.2) is 0 Å². The largest absolute Gasteiger partial charge is 0.383 e. The van der Waals surface area contributed by atoms with Crippen molar-refractivity contribution in [2.24, 2.45) is 0 Å². The lowest BCUT2D eigenvalue weighted by Crippen LogP contribution is -2.32. The number of methoxy groups -OCH3 is 2. The van der Waals surface area contributed by atoms with Crippen LogP contribution >= 0.6 is 0 Å². The normalized spacial score (nSPS) is 22.7. The molecule has 6 heteroatoms. The molecule has 1 amide bonds. The van der Waals surface area contributed by atoms with Gasteiger partial charge < -0.3 is 19.4 Å². The Kier molecular flexibility index (Phi) is 5.39. The summed E-state index contributed by atoms with van der Waals surface area (Å²) in [4.78, 5) is 19.0. The van der Waals surface area contributed by atoms with E-state index in [0.29, 0.717) is 18.3 Å². The zero-order valence-corrected chi connectivity index (χ0v) is 13.3. The van der Waals surface area contributed by atoms with Crippen molar-refractivity contribution in [1.29, 1.82) is 0 Å². The van der Waals surface area contributed by atoms with Gasteiger partial charge in [0.2, 0.25) is 0 Å². The molecule has 0 radical (unpaired) electrons. The summed E-state index contributed by atoms with van der Waals surface area (Å²) in [5.41, 5.74) is 1.67. The maximum Gasteiger partial charge on any atom is 0.269 e. The SMILES string of the molecule is COC[C@@H]1C[C@H](OC)CN1Cc1ccc(C(=O)N(C)C)[nH]1. The molecular weight excluding hydrogens is 270 g/mol. The minimum Gasteiger partial charge on any atom is -0.383 e. The predicted molar refractivity (Wildman–Crippen MR) is 80.3 cm³/mol. The number of amides is 1. The van der Waals surface area contributed by atoms with Crippen LogP contribution in [0.1, 0.15) is 22.6 Å². The predicted octanol–water partition coefficient (Wildman–Crippen LogP) is 0.952. The monoisotopic (exact) mass is 295 g/mol. The summed E-state index contributed by atoms with van der Waals surface area (Å²) < 4.78 is 10.8. The van der Waals surface area contributed by atoms with Gasteiger partial charge in [-0.2, -0.15) is 0 Å². The molecule has 0 unspecified atom stereocenters. The Hall–Kier alpha value is -1.37. The average Bonchev–Trinajstić information content (AvgIpc) is 3.06. The van der Waals surface area contributed by atoms with Crippen LogP contribution in [-0.4, -0.2) is 74.3 Å². The molecule has 118 valence electrons. The molecule has 6 nitrogen and oxygen atoms in total. The second kappa shape index (κ2) is 7.06. The van der Waals surface area contributed by atoms with E-state index in [-0.39, 0.29) is 12.0 Å². The first-order chi connectivity index (χ1) is 10.0. The molecule has 0 bridgehead atoms. The summed E-state index contributed by atoms with van der Waals surface area (Å²) in [5, 5.41) is 0. The number of ether oxygens (including phenoxy) is 2. The van der Waals surface area contributed by atoms with Crippen molar-refractivity contribution in [3.8, 4) is 0 Å². The molecule has 2 atom stereocenters. The third-order valence-corrected chi connectivity index (χ3v) is 3.94. The summed E-state index contributed by atoms with van der Waals surface area (Å²) >= 11 is 0. The maximum absolute atomic E-state index is 11.9. The van der Waals surface area contributed by atoms with Gasteiger partial charge in [0, 0.05) is 53.1 Å². The second-order valence-corrected chi connectivity index (χ2v) is 5.73. The fourth-order valence-corrected chi connectivity index (χ4v) is 2.78. The third kappa shape index (κ3) is 3.84. The Morgan fingerprint density at radius 2 is 2.19 bits per heavy atom. The molecule has 1 aromatic heterocycles. The summed E-state index contributed by atoms with van der Waals surface area (Å²) in [6.07, 6.45) is 1.23. The summed E-state index contributed by atoms with van der Waals surface area (Å²) in [5.74, 6) is -0.00844. The van der Waals surface area contributed by atoms with Crippen LogP contribution < -0.4 is 0 Å². The lowest BCUT2D eigenvalue weighted by molar-refractivity contribution is 0.0821. The van der Waals surface area contributed by atoms with Crippen molar-refractivity contribution in [1.82, 2.24) is 14.8 Å². The van der Waals surface area contributed by atoms with E-state index < -0.39 is 0 Å². The quantitative estimate of drug-likeness (QED) is 0.849. The highest BCUT2D eigenvalue weighted by Gasteiger charge is 2.32. The molecule has 0 saturated carbocycles. The number of nitrogens with one attached hydrogen (secondary N) is 1. The number of aromatic nitrogens is 1. The van der Waals surface area contributed by atoms with Gasteiger partial charge in [0.05, 0.1) is 12.7 Å². The van der Waals surface area contributed by atoms with Gasteiger partial charge in [-0.15, -0.1) is 0 Å². The molecule has 1 aromatic rings. The van der Waals surface area contributed by atoms with E-state index in [9.17, 15) is 4.79 Å². The lowest BCUT2D eigenvalue weighted by atomic mass is 10.2. The van der Waals surface area contributed by atoms with Crippen molar-refractivity contribution >= 4 is 5.91 Å². The van der Waals surface area contributed by atoms with Crippen LogP contribution in [-0.2, 0) is 16.0 Å². The number of likely N-dealkylation sites (tertiary alicyclic amines) is 1. The number of carbonyl (C=O) groups is 1. The van der Waals surface area contributed by atoms with Gasteiger partial charge in [0.1, 0.15) is 5.69 Å². The van der Waals surface area contributed by atoms with Crippen LogP contribution in [0.25, 0.3) is 0 Å². The van der Waals surface area contributed by atoms with Crippen molar-refractivity contribution < 1.29 is 14.3 Å². The van der Waals surface area contributed by atoms with E-state index in [4.69, 9.17) is 9.47 Å². The highest BCUT2D eigenvalue weighted by Crippen LogP contribution is 2.22.